The van der Waals surface area contributed by atoms with Crippen molar-refractivity contribution in [2.75, 3.05) is 30.3 Å². The Morgan fingerprint density at radius 1 is 1.23 bits per heavy atom. The number of nitrogens with zero attached hydrogens (tertiary/aromatic N) is 2. The molecule has 6 heteroatoms. The SMILES string of the molecule is CCC(CCSCCS)CC(=O)/C(C(C)=O)=C1/CC(C)(C)CC(N2CCCC2)=C1C#N. The Morgan fingerprint density at radius 2 is 1.90 bits per heavy atom. The molecule has 1 unspecified atom stereocenters. The summed E-state index contributed by atoms with van der Waals surface area (Å²) in [4.78, 5) is 28.4. The van der Waals surface area contributed by atoms with Gasteiger partial charge in [-0.2, -0.15) is 29.7 Å². The number of thiol groups is 1. The van der Waals surface area contributed by atoms with Crippen molar-refractivity contribution in [3.05, 3.63) is 22.4 Å². The van der Waals surface area contributed by atoms with Gasteiger partial charge < -0.3 is 4.90 Å². The van der Waals surface area contributed by atoms with Gasteiger partial charge in [0.2, 0.25) is 0 Å². The highest BCUT2D eigenvalue weighted by molar-refractivity contribution is 7.99. The number of rotatable bonds is 11. The van der Waals surface area contributed by atoms with Gasteiger partial charge in [-0.1, -0.05) is 27.2 Å². The molecule has 2 aliphatic rings. The Morgan fingerprint density at radius 3 is 2.45 bits per heavy atom. The Bertz CT molecular complexity index is 771. The molecule has 0 aromatic heterocycles. The van der Waals surface area contributed by atoms with Gasteiger partial charge in [0, 0.05) is 31.0 Å². The van der Waals surface area contributed by atoms with Crippen molar-refractivity contribution in [2.45, 2.75) is 72.6 Å². The number of allylic oxidation sites excluding steroid dienone is 4. The molecule has 4 nitrogen and oxygen atoms in total. The van der Waals surface area contributed by atoms with Crippen molar-refractivity contribution in [3.63, 3.8) is 0 Å². The van der Waals surface area contributed by atoms with Crippen LogP contribution >= 0.6 is 24.4 Å². The van der Waals surface area contributed by atoms with Crippen LogP contribution in [-0.4, -0.2) is 46.8 Å². The zero-order valence-electron chi connectivity index (χ0n) is 19.6. The summed E-state index contributed by atoms with van der Waals surface area (Å²) in [6, 6.07) is 2.39. The summed E-state index contributed by atoms with van der Waals surface area (Å²) in [5.41, 5.74) is 2.51. The van der Waals surface area contributed by atoms with E-state index >= 15 is 0 Å². The standard InChI is InChI=1S/C25H38N2O2S2/c1-5-19(8-12-31-13-11-30)14-23(29)24(18(2)28)20-15-25(3,4)16-22(21(20)17-26)27-9-6-7-10-27/h19,30H,5-16H2,1-4H3/b24-20-. The average Bonchev–Trinajstić information content (AvgIpc) is 3.24. The lowest BCUT2D eigenvalue weighted by Gasteiger charge is -2.37. The third-order valence-electron chi connectivity index (χ3n) is 6.38. The lowest BCUT2D eigenvalue weighted by molar-refractivity contribution is -0.121. The molecular formula is C25H38N2O2S2. The molecule has 2 rings (SSSR count). The molecule has 1 aliphatic heterocycles. The topological polar surface area (TPSA) is 61.2 Å². The molecule has 1 saturated heterocycles. The average molecular weight is 463 g/mol. The fourth-order valence-electron chi connectivity index (χ4n) is 4.76. The smallest absolute Gasteiger partial charge is 0.167 e. The highest BCUT2D eigenvalue weighted by atomic mass is 32.2. The largest absolute Gasteiger partial charge is 0.374 e. The van der Waals surface area contributed by atoms with Gasteiger partial charge in [0.05, 0.1) is 11.1 Å². The molecule has 0 spiro atoms. The van der Waals surface area contributed by atoms with Crippen LogP contribution in [0, 0.1) is 22.7 Å². The number of hydrogen-bond acceptors (Lipinski definition) is 6. The summed E-state index contributed by atoms with van der Waals surface area (Å²) in [5.74, 6) is 2.86. The Hall–Kier alpha value is -1.19. The zero-order chi connectivity index (χ0) is 23.0. The highest BCUT2D eigenvalue weighted by Gasteiger charge is 2.37. The van der Waals surface area contributed by atoms with Crippen LogP contribution in [0.25, 0.3) is 0 Å². The number of hydrogen-bond donors (Lipinski definition) is 1. The number of carbonyl (C=O) groups excluding carboxylic acids is 2. The van der Waals surface area contributed by atoms with Crippen LogP contribution in [0.2, 0.25) is 0 Å². The molecule has 0 aromatic carbocycles. The van der Waals surface area contributed by atoms with Gasteiger partial charge in [-0.3, -0.25) is 9.59 Å². The number of likely N-dealkylation sites (tertiary alicyclic amines) is 1. The van der Waals surface area contributed by atoms with Gasteiger partial charge in [0.1, 0.15) is 6.07 Å². The first kappa shape index (κ1) is 26.1. The highest BCUT2D eigenvalue weighted by Crippen LogP contribution is 2.45. The Balaban J connectivity index is 2.39. The minimum atomic E-state index is -0.203. The molecule has 0 radical (unpaired) electrons. The minimum absolute atomic E-state index is 0.0811. The molecule has 1 atom stereocenters. The van der Waals surface area contributed by atoms with Gasteiger partial charge in [0.25, 0.3) is 0 Å². The lowest BCUT2D eigenvalue weighted by Crippen LogP contribution is -2.31. The molecule has 1 heterocycles. The predicted octanol–water partition coefficient (Wildman–Crippen LogP) is 5.60. The number of nitriles is 1. The summed E-state index contributed by atoms with van der Waals surface area (Å²) in [6.07, 6.45) is 5.94. The van der Waals surface area contributed by atoms with Gasteiger partial charge in [-0.25, -0.2) is 0 Å². The van der Waals surface area contributed by atoms with Crippen LogP contribution in [-0.2, 0) is 9.59 Å². The van der Waals surface area contributed by atoms with E-state index < -0.39 is 0 Å². The van der Waals surface area contributed by atoms with Crippen LogP contribution in [0.3, 0.4) is 0 Å². The summed E-state index contributed by atoms with van der Waals surface area (Å²) in [7, 11) is 0. The second kappa shape index (κ2) is 12.2. The summed E-state index contributed by atoms with van der Waals surface area (Å²) < 4.78 is 0. The molecule has 31 heavy (non-hydrogen) atoms. The van der Waals surface area contributed by atoms with E-state index in [1.807, 2.05) is 11.8 Å². The number of ketones is 2. The van der Waals surface area contributed by atoms with Crippen molar-refractivity contribution < 1.29 is 9.59 Å². The number of Topliss-reactive ketones (excluding diaryl/α,β-unsaturated/α-hetero) is 2. The van der Waals surface area contributed by atoms with Gasteiger partial charge in [-0.15, -0.1) is 0 Å². The second-order valence-corrected chi connectivity index (χ2v) is 11.3. The van der Waals surface area contributed by atoms with Gasteiger partial charge >= 0.3 is 0 Å². The van der Waals surface area contributed by atoms with E-state index in [1.165, 1.54) is 6.92 Å². The Kier molecular flexibility index (Phi) is 10.2. The maximum atomic E-state index is 13.4. The van der Waals surface area contributed by atoms with Crippen molar-refractivity contribution in [1.29, 1.82) is 5.26 Å². The minimum Gasteiger partial charge on any atom is -0.374 e. The van der Waals surface area contributed by atoms with E-state index in [1.54, 1.807) is 0 Å². The number of thioether (sulfide) groups is 1. The van der Waals surface area contributed by atoms with E-state index in [0.29, 0.717) is 24.0 Å². The fraction of sp³-hybridized carbons (Fsp3) is 0.720. The fourth-order valence-corrected chi connectivity index (χ4v) is 5.98. The van der Waals surface area contributed by atoms with Crippen LogP contribution < -0.4 is 0 Å². The number of carbonyl (C=O) groups is 2. The quantitative estimate of drug-likeness (QED) is 0.142. The zero-order valence-corrected chi connectivity index (χ0v) is 21.3. The van der Waals surface area contributed by atoms with Crippen molar-refractivity contribution in [3.8, 4) is 6.07 Å². The van der Waals surface area contributed by atoms with Crippen molar-refractivity contribution >= 4 is 36.0 Å². The van der Waals surface area contributed by atoms with E-state index in [-0.39, 0.29) is 28.5 Å². The molecule has 1 fully saturated rings. The van der Waals surface area contributed by atoms with Crippen LogP contribution in [0.5, 0.6) is 0 Å². The van der Waals surface area contributed by atoms with E-state index in [0.717, 1.165) is 68.1 Å². The Labute approximate surface area is 198 Å². The summed E-state index contributed by atoms with van der Waals surface area (Å²) in [6.45, 7) is 9.84. The van der Waals surface area contributed by atoms with E-state index in [4.69, 9.17) is 0 Å². The first-order valence-electron chi connectivity index (χ1n) is 11.6. The summed E-state index contributed by atoms with van der Waals surface area (Å²) >= 11 is 6.11. The first-order valence-corrected chi connectivity index (χ1v) is 13.4. The van der Waals surface area contributed by atoms with E-state index in [2.05, 4.69) is 44.4 Å². The van der Waals surface area contributed by atoms with Gasteiger partial charge in [-0.05, 0) is 67.4 Å². The third kappa shape index (κ3) is 7.15. The molecule has 0 bridgehead atoms. The molecule has 0 N–H and O–H groups in total. The molecule has 0 aromatic rings. The predicted molar refractivity (Wildman–Crippen MR) is 133 cm³/mol. The monoisotopic (exact) mass is 462 g/mol. The lowest BCUT2D eigenvalue weighted by atomic mass is 9.71. The molecule has 0 saturated carbocycles. The molecular weight excluding hydrogens is 424 g/mol. The third-order valence-corrected chi connectivity index (χ3v) is 7.92. The maximum absolute atomic E-state index is 13.4. The van der Waals surface area contributed by atoms with Gasteiger partial charge in [0.15, 0.2) is 11.6 Å². The van der Waals surface area contributed by atoms with Crippen LogP contribution in [0.4, 0.5) is 0 Å². The van der Waals surface area contributed by atoms with Crippen molar-refractivity contribution in [1.82, 2.24) is 4.90 Å². The second-order valence-electron chi connectivity index (χ2n) is 9.58. The molecule has 0 amide bonds. The first-order chi connectivity index (χ1) is 14.7. The van der Waals surface area contributed by atoms with E-state index in [9.17, 15) is 14.9 Å². The molecule has 172 valence electrons. The normalized spacial score (nSPS) is 21.1. The van der Waals surface area contributed by atoms with Crippen LogP contribution in [0.1, 0.15) is 72.6 Å². The molecule has 1 aliphatic carbocycles. The summed E-state index contributed by atoms with van der Waals surface area (Å²) in [5, 5.41) is 10.1. The van der Waals surface area contributed by atoms with Crippen LogP contribution in [0.15, 0.2) is 22.4 Å². The van der Waals surface area contributed by atoms with Crippen molar-refractivity contribution in [2.24, 2.45) is 11.3 Å². The maximum Gasteiger partial charge on any atom is 0.167 e.